The number of carbonyl (C=O) groups is 1. The van der Waals surface area contributed by atoms with Crippen LogP contribution in [0.4, 0.5) is 4.79 Å². The third kappa shape index (κ3) is 2.78. The highest BCUT2D eigenvalue weighted by Gasteiger charge is 2.34. The summed E-state index contributed by atoms with van der Waals surface area (Å²) >= 11 is 0. The average molecular weight is 348 g/mol. The van der Waals surface area contributed by atoms with Crippen LogP contribution >= 0.6 is 0 Å². The molecule has 2 N–H and O–H groups in total. The number of carbonyl (C=O) groups excluding carboxylic acids is 1. The zero-order valence-electron chi connectivity index (χ0n) is 14.8. The molecule has 2 aliphatic heterocycles. The minimum Gasteiger partial charge on any atom is -0.449 e. The summed E-state index contributed by atoms with van der Waals surface area (Å²) in [6.45, 7) is 0.387. The number of rotatable bonds is 3. The molecule has 5 rings (SSSR count). The fourth-order valence-electron chi connectivity index (χ4n) is 4.98. The molecule has 2 aromatic rings. The number of alkyl carbamates (subject to hydrolysis) is 1. The zero-order valence-corrected chi connectivity index (χ0v) is 14.8. The number of amides is 1. The summed E-state index contributed by atoms with van der Waals surface area (Å²) < 4.78 is 5.66. The van der Waals surface area contributed by atoms with Crippen molar-refractivity contribution in [3.05, 3.63) is 59.7 Å². The van der Waals surface area contributed by atoms with E-state index in [0.29, 0.717) is 18.7 Å². The molecule has 2 heterocycles. The summed E-state index contributed by atoms with van der Waals surface area (Å²) in [5, 5.41) is 6.69. The first-order valence-electron chi connectivity index (χ1n) is 9.65. The maximum atomic E-state index is 12.4. The van der Waals surface area contributed by atoms with Gasteiger partial charge in [0.25, 0.3) is 0 Å². The Morgan fingerprint density at radius 1 is 0.962 bits per heavy atom. The summed E-state index contributed by atoms with van der Waals surface area (Å²) in [5.74, 6) is 0.123. The van der Waals surface area contributed by atoms with Crippen molar-refractivity contribution in [1.82, 2.24) is 10.6 Å². The minimum absolute atomic E-state index is 0.123. The Morgan fingerprint density at radius 2 is 1.54 bits per heavy atom. The Balaban J connectivity index is 1.26. The van der Waals surface area contributed by atoms with E-state index in [1.54, 1.807) is 0 Å². The molecule has 3 aliphatic rings. The number of ether oxygens (including phenoxy) is 1. The van der Waals surface area contributed by atoms with Crippen molar-refractivity contribution in [3.8, 4) is 11.1 Å². The average Bonchev–Trinajstić information content (AvgIpc) is 3.17. The Labute approximate surface area is 153 Å². The molecule has 1 unspecified atom stereocenters. The van der Waals surface area contributed by atoms with Gasteiger partial charge in [-0.3, -0.25) is 0 Å². The van der Waals surface area contributed by atoms with Gasteiger partial charge < -0.3 is 15.4 Å². The van der Waals surface area contributed by atoms with Gasteiger partial charge in [-0.25, -0.2) is 4.79 Å². The van der Waals surface area contributed by atoms with Crippen molar-refractivity contribution in [2.75, 3.05) is 6.61 Å². The fraction of sp³-hybridized carbons (Fsp3) is 0.409. The predicted octanol–water partition coefficient (Wildman–Crippen LogP) is 3.81. The van der Waals surface area contributed by atoms with Gasteiger partial charge in [-0.05, 0) is 47.9 Å². The smallest absolute Gasteiger partial charge is 0.407 e. The lowest BCUT2D eigenvalue weighted by molar-refractivity contribution is 0.135. The van der Waals surface area contributed by atoms with Gasteiger partial charge in [0, 0.05) is 24.0 Å². The van der Waals surface area contributed by atoms with E-state index >= 15 is 0 Å². The lowest BCUT2D eigenvalue weighted by Gasteiger charge is -2.29. The third-order valence-corrected chi connectivity index (χ3v) is 6.14. The second-order valence-electron chi connectivity index (χ2n) is 7.78. The van der Waals surface area contributed by atoms with Crippen LogP contribution in [0.1, 0.15) is 42.7 Å². The lowest BCUT2D eigenvalue weighted by atomic mass is 9.98. The topological polar surface area (TPSA) is 50.4 Å². The van der Waals surface area contributed by atoms with Gasteiger partial charge in [-0.2, -0.15) is 0 Å². The summed E-state index contributed by atoms with van der Waals surface area (Å²) in [7, 11) is 0. The van der Waals surface area contributed by atoms with E-state index in [-0.39, 0.29) is 18.1 Å². The highest BCUT2D eigenvalue weighted by Crippen LogP contribution is 2.44. The van der Waals surface area contributed by atoms with Crippen LogP contribution < -0.4 is 10.6 Å². The second kappa shape index (κ2) is 6.44. The molecule has 2 saturated heterocycles. The Morgan fingerprint density at radius 3 is 2.15 bits per heavy atom. The van der Waals surface area contributed by atoms with E-state index in [9.17, 15) is 4.79 Å². The van der Waals surface area contributed by atoms with Crippen LogP contribution in [0.3, 0.4) is 0 Å². The molecular formula is C22H24N2O2. The molecule has 2 aromatic carbocycles. The summed E-state index contributed by atoms with van der Waals surface area (Å²) in [5.41, 5.74) is 5.02. The SMILES string of the molecule is O=C(NC1C[C@H]2CC[C@@H](C1)N2)OCC1c2ccccc2-c2ccccc21. The van der Waals surface area contributed by atoms with Crippen LogP contribution in [0.5, 0.6) is 0 Å². The number of hydrogen-bond acceptors (Lipinski definition) is 3. The van der Waals surface area contributed by atoms with E-state index < -0.39 is 0 Å². The molecule has 2 bridgehead atoms. The minimum atomic E-state index is -0.279. The zero-order chi connectivity index (χ0) is 17.5. The van der Waals surface area contributed by atoms with E-state index in [2.05, 4.69) is 59.2 Å². The Bertz CT molecular complexity index is 777. The molecule has 1 aliphatic carbocycles. The van der Waals surface area contributed by atoms with Crippen LogP contribution in [0, 0.1) is 0 Å². The van der Waals surface area contributed by atoms with Crippen LogP contribution in [0.2, 0.25) is 0 Å². The fourth-order valence-corrected chi connectivity index (χ4v) is 4.98. The second-order valence-corrected chi connectivity index (χ2v) is 7.78. The van der Waals surface area contributed by atoms with Gasteiger partial charge >= 0.3 is 6.09 Å². The number of fused-ring (bicyclic) bond motifs is 5. The predicted molar refractivity (Wildman–Crippen MR) is 101 cm³/mol. The van der Waals surface area contributed by atoms with Crippen molar-refractivity contribution >= 4 is 6.09 Å². The highest BCUT2D eigenvalue weighted by molar-refractivity contribution is 5.79. The van der Waals surface area contributed by atoms with Crippen molar-refractivity contribution in [3.63, 3.8) is 0 Å². The first-order chi connectivity index (χ1) is 12.8. The lowest BCUT2D eigenvalue weighted by Crippen LogP contribution is -2.48. The maximum Gasteiger partial charge on any atom is 0.407 e. The van der Waals surface area contributed by atoms with Crippen molar-refractivity contribution in [2.24, 2.45) is 0 Å². The standard InChI is InChI=1S/C22H24N2O2/c25-22(24-16-11-14-9-10-15(12-16)23-14)26-13-21-19-7-3-1-5-17(19)18-6-2-4-8-20(18)21/h1-8,14-16,21,23H,9-13H2,(H,24,25)/t14-,15+,16?. The number of piperidine rings is 1. The molecule has 1 amide bonds. The number of nitrogens with one attached hydrogen (secondary N) is 2. The first kappa shape index (κ1) is 15.9. The summed E-state index contributed by atoms with van der Waals surface area (Å²) in [6.07, 6.45) is 4.21. The molecule has 134 valence electrons. The molecule has 0 aromatic heterocycles. The van der Waals surface area contributed by atoms with Gasteiger partial charge in [0.1, 0.15) is 6.61 Å². The number of benzene rings is 2. The van der Waals surface area contributed by atoms with Gasteiger partial charge in [0.15, 0.2) is 0 Å². The Kier molecular flexibility index (Phi) is 3.93. The van der Waals surface area contributed by atoms with Crippen LogP contribution in [-0.2, 0) is 4.74 Å². The van der Waals surface area contributed by atoms with Crippen LogP contribution in [0.15, 0.2) is 48.5 Å². The van der Waals surface area contributed by atoms with E-state index in [4.69, 9.17) is 4.74 Å². The molecule has 0 saturated carbocycles. The molecule has 4 nitrogen and oxygen atoms in total. The molecular weight excluding hydrogens is 324 g/mol. The Hall–Kier alpha value is -2.33. The molecule has 4 heteroatoms. The number of hydrogen-bond donors (Lipinski definition) is 2. The van der Waals surface area contributed by atoms with Crippen LogP contribution in [0.25, 0.3) is 11.1 Å². The summed E-state index contributed by atoms with van der Waals surface area (Å²) in [4.78, 5) is 12.4. The van der Waals surface area contributed by atoms with Gasteiger partial charge in [-0.1, -0.05) is 48.5 Å². The third-order valence-electron chi connectivity index (χ3n) is 6.14. The van der Waals surface area contributed by atoms with Gasteiger partial charge in [0.05, 0.1) is 0 Å². The van der Waals surface area contributed by atoms with Crippen molar-refractivity contribution in [1.29, 1.82) is 0 Å². The quantitative estimate of drug-likeness (QED) is 0.887. The van der Waals surface area contributed by atoms with Crippen molar-refractivity contribution in [2.45, 2.75) is 49.7 Å². The van der Waals surface area contributed by atoms with Gasteiger partial charge in [-0.15, -0.1) is 0 Å². The molecule has 3 atom stereocenters. The first-order valence-corrected chi connectivity index (χ1v) is 9.65. The highest BCUT2D eigenvalue weighted by atomic mass is 16.5. The monoisotopic (exact) mass is 348 g/mol. The molecule has 0 radical (unpaired) electrons. The van der Waals surface area contributed by atoms with E-state index in [1.165, 1.54) is 35.1 Å². The maximum absolute atomic E-state index is 12.4. The summed E-state index contributed by atoms with van der Waals surface area (Å²) in [6, 6.07) is 18.2. The van der Waals surface area contributed by atoms with E-state index in [0.717, 1.165) is 12.8 Å². The van der Waals surface area contributed by atoms with E-state index in [1.807, 2.05) is 0 Å². The van der Waals surface area contributed by atoms with Gasteiger partial charge in [0.2, 0.25) is 0 Å². The normalized spacial score (nSPS) is 26.2. The molecule has 0 spiro atoms. The molecule has 26 heavy (non-hydrogen) atoms. The molecule has 2 fully saturated rings. The largest absolute Gasteiger partial charge is 0.449 e. The van der Waals surface area contributed by atoms with Crippen LogP contribution in [-0.4, -0.2) is 30.8 Å². The van der Waals surface area contributed by atoms with Crippen molar-refractivity contribution < 1.29 is 9.53 Å².